The molecule has 4 nitrogen and oxygen atoms in total. The van der Waals surface area contributed by atoms with Crippen LogP contribution in [0.5, 0.6) is 0 Å². The summed E-state index contributed by atoms with van der Waals surface area (Å²) in [5, 5.41) is 2.18. The Labute approximate surface area is 118 Å². The molecule has 1 aromatic heterocycles. The van der Waals surface area contributed by atoms with Gasteiger partial charge in [0.25, 0.3) is 5.91 Å². The molecule has 0 radical (unpaired) electrons. The number of alkyl halides is 3. The molecular formula is C14H11F3N2O2. The fourth-order valence-corrected chi connectivity index (χ4v) is 1.76. The number of anilines is 1. The van der Waals surface area contributed by atoms with Crippen LogP contribution in [0.15, 0.2) is 36.4 Å². The number of nitrogens with one attached hydrogen (secondary N) is 2. The zero-order valence-electron chi connectivity index (χ0n) is 10.9. The Morgan fingerprint density at radius 2 is 1.67 bits per heavy atom. The number of benzene rings is 1. The van der Waals surface area contributed by atoms with Crippen molar-refractivity contribution in [2.45, 2.75) is 13.1 Å². The van der Waals surface area contributed by atoms with Crippen LogP contribution in [0.25, 0.3) is 0 Å². The molecule has 0 saturated heterocycles. The molecule has 0 aliphatic heterocycles. The van der Waals surface area contributed by atoms with E-state index in [9.17, 15) is 22.8 Å². The van der Waals surface area contributed by atoms with E-state index in [-0.39, 0.29) is 22.9 Å². The summed E-state index contributed by atoms with van der Waals surface area (Å²) >= 11 is 0. The third-order valence-electron chi connectivity index (χ3n) is 2.79. The van der Waals surface area contributed by atoms with Gasteiger partial charge in [-0.3, -0.25) is 9.59 Å². The van der Waals surface area contributed by atoms with Crippen molar-refractivity contribution in [3.05, 3.63) is 53.3 Å². The van der Waals surface area contributed by atoms with Crippen LogP contribution in [0.3, 0.4) is 0 Å². The van der Waals surface area contributed by atoms with Crippen molar-refractivity contribution in [3.63, 3.8) is 0 Å². The SMILES string of the molecule is CC(=O)c1ccc(C(=O)Nc2ccccc2C(F)(F)F)[nH]1. The van der Waals surface area contributed by atoms with Crippen molar-refractivity contribution in [1.29, 1.82) is 0 Å². The molecular weight excluding hydrogens is 285 g/mol. The van der Waals surface area contributed by atoms with E-state index >= 15 is 0 Å². The maximum atomic E-state index is 12.8. The Bertz CT molecular complexity index is 690. The zero-order chi connectivity index (χ0) is 15.6. The quantitative estimate of drug-likeness (QED) is 0.852. The fraction of sp³-hybridized carbons (Fsp3) is 0.143. The Hall–Kier alpha value is -2.57. The van der Waals surface area contributed by atoms with Gasteiger partial charge in [0.05, 0.1) is 16.9 Å². The van der Waals surface area contributed by atoms with Crippen LogP contribution >= 0.6 is 0 Å². The van der Waals surface area contributed by atoms with E-state index in [0.29, 0.717) is 0 Å². The molecule has 1 heterocycles. The molecule has 0 fully saturated rings. The van der Waals surface area contributed by atoms with E-state index in [4.69, 9.17) is 0 Å². The number of H-pyrrole nitrogens is 1. The van der Waals surface area contributed by atoms with Crippen LogP contribution in [0, 0.1) is 0 Å². The van der Waals surface area contributed by atoms with E-state index in [1.165, 1.54) is 31.2 Å². The second-order valence-electron chi connectivity index (χ2n) is 4.34. The van der Waals surface area contributed by atoms with Gasteiger partial charge in [-0.25, -0.2) is 0 Å². The minimum atomic E-state index is -4.57. The number of para-hydroxylation sites is 1. The number of aromatic nitrogens is 1. The average Bonchev–Trinajstić information content (AvgIpc) is 2.88. The number of ketones is 1. The van der Waals surface area contributed by atoms with E-state index < -0.39 is 17.6 Å². The summed E-state index contributed by atoms with van der Waals surface area (Å²) in [6.45, 7) is 1.31. The van der Waals surface area contributed by atoms with Gasteiger partial charge in [0, 0.05) is 6.92 Å². The van der Waals surface area contributed by atoms with Crippen molar-refractivity contribution in [2.75, 3.05) is 5.32 Å². The van der Waals surface area contributed by atoms with Gasteiger partial charge in [-0.2, -0.15) is 13.2 Å². The second kappa shape index (κ2) is 5.43. The molecule has 21 heavy (non-hydrogen) atoms. The van der Waals surface area contributed by atoms with Gasteiger partial charge in [0.1, 0.15) is 5.69 Å². The van der Waals surface area contributed by atoms with Crippen LogP contribution in [0.2, 0.25) is 0 Å². The van der Waals surface area contributed by atoms with Crippen molar-refractivity contribution in [2.24, 2.45) is 0 Å². The summed E-state index contributed by atoms with van der Waals surface area (Å²) in [6.07, 6.45) is -4.57. The van der Waals surface area contributed by atoms with Gasteiger partial charge in [-0.05, 0) is 24.3 Å². The van der Waals surface area contributed by atoms with Gasteiger partial charge in [0.2, 0.25) is 0 Å². The van der Waals surface area contributed by atoms with Crippen molar-refractivity contribution in [1.82, 2.24) is 4.98 Å². The highest BCUT2D eigenvalue weighted by atomic mass is 19.4. The molecule has 7 heteroatoms. The van der Waals surface area contributed by atoms with Gasteiger partial charge in [-0.1, -0.05) is 12.1 Å². The molecule has 0 spiro atoms. The molecule has 0 unspecified atom stereocenters. The minimum absolute atomic E-state index is 0.0113. The van der Waals surface area contributed by atoms with E-state index in [1.807, 2.05) is 0 Å². The number of hydrogen-bond donors (Lipinski definition) is 2. The summed E-state index contributed by atoms with van der Waals surface area (Å²) in [5.74, 6) is -1.02. The van der Waals surface area contributed by atoms with Crippen molar-refractivity contribution >= 4 is 17.4 Å². The third-order valence-corrected chi connectivity index (χ3v) is 2.79. The van der Waals surface area contributed by atoms with Crippen LogP contribution in [0.1, 0.15) is 33.5 Å². The van der Waals surface area contributed by atoms with Gasteiger partial charge in [-0.15, -0.1) is 0 Å². The van der Waals surface area contributed by atoms with E-state index in [1.54, 1.807) is 0 Å². The Morgan fingerprint density at radius 1 is 1.05 bits per heavy atom. The summed E-state index contributed by atoms with van der Waals surface area (Å²) in [4.78, 5) is 25.6. The normalized spacial score (nSPS) is 11.2. The van der Waals surface area contributed by atoms with E-state index in [0.717, 1.165) is 12.1 Å². The van der Waals surface area contributed by atoms with Crippen LogP contribution in [-0.4, -0.2) is 16.7 Å². The third kappa shape index (κ3) is 3.31. The Morgan fingerprint density at radius 3 is 2.24 bits per heavy atom. The van der Waals surface area contributed by atoms with Gasteiger partial charge >= 0.3 is 6.18 Å². The molecule has 2 aromatic rings. The first-order chi connectivity index (χ1) is 9.79. The predicted molar refractivity (Wildman–Crippen MR) is 70.2 cm³/mol. The van der Waals surface area contributed by atoms with Crippen molar-refractivity contribution < 1.29 is 22.8 Å². The molecule has 110 valence electrons. The topological polar surface area (TPSA) is 62.0 Å². The average molecular weight is 296 g/mol. The molecule has 1 amide bonds. The number of amides is 1. The van der Waals surface area contributed by atoms with Gasteiger partial charge < -0.3 is 10.3 Å². The Kier molecular flexibility index (Phi) is 3.84. The number of carbonyl (C=O) groups is 2. The lowest BCUT2D eigenvalue weighted by atomic mass is 10.1. The first-order valence-electron chi connectivity index (χ1n) is 5.96. The molecule has 2 rings (SSSR count). The van der Waals surface area contributed by atoms with Crippen LogP contribution < -0.4 is 5.32 Å². The smallest absolute Gasteiger partial charge is 0.348 e. The van der Waals surface area contributed by atoms with Gasteiger partial charge in [0.15, 0.2) is 5.78 Å². The highest BCUT2D eigenvalue weighted by Crippen LogP contribution is 2.34. The summed E-state index contributed by atoms with van der Waals surface area (Å²) in [7, 11) is 0. The Balaban J connectivity index is 2.25. The fourth-order valence-electron chi connectivity index (χ4n) is 1.76. The second-order valence-corrected chi connectivity index (χ2v) is 4.34. The predicted octanol–water partition coefficient (Wildman–Crippen LogP) is 3.49. The molecule has 0 aliphatic rings. The molecule has 0 atom stereocenters. The van der Waals surface area contributed by atoms with Crippen LogP contribution in [0.4, 0.5) is 18.9 Å². The number of hydrogen-bond acceptors (Lipinski definition) is 2. The molecule has 0 bridgehead atoms. The highest BCUT2D eigenvalue weighted by molar-refractivity contribution is 6.04. The lowest BCUT2D eigenvalue weighted by Crippen LogP contribution is -2.17. The standard InChI is InChI=1S/C14H11F3N2O2/c1-8(20)10-6-7-12(18-10)13(21)19-11-5-3-2-4-9(11)14(15,16)17/h2-7,18H,1H3,(H,19,21). The van der Waals surface area contributed by atoms with Crippen LogP contribution in [-0.2, 0) is 6.18 Å². The molecule has 1 aromatic carbocycles. The lowest BCUT2D eigenvalue weighted by Gasteiger charge is -2.13. The monoisotopic (exact) mass is 296 g/mol. The number of Topliss-reactive ketones (excluding diaryl/α,β-unsaturated/α-hetero) is 1. The molecule has 0 saturated carbocycles. The van der Waals surface area contributed by atoms with E-state index in [2.05, 4.69) is 10.3 Å². The minimum Gasteiger partial charge on any atom is -0.348 e. The van der Waals surface area contributed by atoms with Crippen molar-refractivity contribution in [3.8, 4) is 0 Å². The number of halogens is 3. The number of carbonyl (C=O) groups excluding carboxylic acids is 2. The first-order valence-corrected chi connectivity index (χ1v) is 5.96. The summed E-state index contributed by atoms with van der Waals surface area (Å²) in [6, 6.07) is 7.40. The summed E-state index contributed by atoms with van der Waals surface area (Å²) < 4.78 is 38.4. The molecule has 0 aliphatic carbocycles. The zero-order valence-corrected chi connectivity index (χ0v) is 10.9. The first kappa shape index (κ1) is 14.8. The number of rotatable bonds is 3. The largest absolute Gasteiger partial charge is 0.418 e. The maximum absolute atomic E-state index is 12.8. The molecule has 2 N–H and O–H groups in total. The summed E-state index contributed by atoms with van der Waals surface area (Å²) in [5.41, 5.74) is -1.05. The highest BCUT2D eigenvalue weighted by Gasteiger charge is 2.33. The maximum Gasteiger partial charge on any atom is 0.418 e. The number of aromatic amines is 1. The lowest BCUT2D eigenvalue weighted by molar-refractivity contribution is -0.136.